The number of aryl methyl sites for hydroxylation is 1. The van der Waals surface area contributed by atoms with Gasteiger partial charge in [0.05, 0.1) is 5.69 Å². The van der Waals surface area contributed by atoms with Gasteiger partial charge in [-0.1, -0.05) is 13.8 Å². The number of rotatable bonds is 3. The Morgan fingerprint density at radius 2 is 2.16 bits per heavy atom. The van der Waals surface area contributed by atoms with Crippen LogP contribution in [0.2, 0.25) is 0 Å². The molecule has 0 radical (unpaired) electrons. The molecule has 1 aromatic rings. The highest BCUT2D eigenvalue weighted by Gasteiger charge is 2.33. The van der Waals surface area contributed by atoms with Crippen molar-refractivity contribution in [3.05, 3.63) is 17.5 Å². The molecule has 2 N–H and O–H groups in total. The molecule has 1 fully saturated rings. The largest absolute Gasteiger partial charge is 0.327 e. The van der Waals surface area contributed by atoms with Crippen molar-refractivity contribution in [2.45, 2.75) is 59.7 Å². The molecule has 0 aromatic carbocycles. The van der Waals surface area contributed by atoms with Crippen LogP contribution in [-0.2, 0) is 6.54 Å². The summed E-state index contributed by atoms with van der Waals surface area (Å²) in [7, 11) is 0. The second-order valence-electron chi connectivity index (χ2n) is 6.91. The Hall–Kier alpha value is -0.870. The maximum Gasteiger partial charge on any atom is 0.0638 e. The third-order valence-corrected chi connectivity index (χ3v) is 4.33. The molecule has 4 heteroatoms. The molecule has 108 valence electrons. The van der Waals surface area contributed by atoms with Gasteiger partial charge in [0.2, 0.25) is 0 Å². The fourth-order valence-corrected chi connectivity index (χ4v) is 2.80. The van der Waals surface area contributed by atoms with Gasteiger partial charge in [0.1, 0.15) is 0 Å². The smallest absolute Gasteiger partial charge is 0.0638 e. The monoisotopic (exact) mass is 264 g/mol. The van der Waals surface area contributed by atoms with Crippen molar-refractivity contribution in [2.75, 3.05) is 13.1 Å². The Kier molecular flexibility index (Phi) is 4.02. The van der Waals surface area contributed by atoms with E-state index < -0.39 is 0 Å². The SMILES string of the molecule is Cc1nn(C(C)C)cc1CN1CCC(N)C(C)(C)C1. The molecule has 1 aliphatic rings. The van der Waals surface area contributed by atoms with Crippen molar-refractivity contribution >= 4 is 0 Å². The van der Waals surface area contributed by atoms with Gasteiger partial charge in [-0.25, -0.2) is 0 Å². The lowest BCUT2D eigenvalue weighted by Gasteiger charge is -2.42. The standard InChI is InChI=1S/C15H28N4/c1-11(2)19-9-13(12(3)17-19)8-18-7-6-14(16)15(4,5)10-18/h9,11,14H,6-8,10,16H2,1-5H3. The van der Waals surface area contributed by atoms with E-state index in [9.17, 15) is 0 Å². The zero-order valence-corrected chi connectivity index (χ0v) is 13.0. The van der Waals surface area contributed by atoms with Gasteiger partial charge in [-0.2, -0.15) is 5.10 Å². The van der Waals surface area contributed by atoms with E-state index in [4.69, 9.17) is 5.73 Å². The highest BCUT2D eigenvalue weighted by atomic mass is 15.3. The molecule has 1 saturated heterocycles. The number of nitrogens with two attached hydrogens (primary N) is 1. The van der Waals surface area contributed by atoms with E-state index >= 15 is 0 Å². The third-order valence-electron chi connectivity index (χ3n) is 4.33. The fraction of sp³-hybridized carbons (Fsp3) is 0.800. The number of hydrogen-bond donors (Lipinski definition) is 1. The summed E-state index contributed by atoms with van der Waals surface area (Å²) in [6.07, 6.45) is 3.28. The lowest BCUT2D eigenvalue weighted by atomic mass is 9.79. The minimum absolute atomic E-state index is 0.209. The van der Waals surface area contributed by atoms with Crippen LogP contribution < -0.4 is 5.73 Å². The maximum atomic E-state index is 6.20. The van der Waals surface area contributed by atoms with Crippen LogP contribution in [0.3, 0.4) is 0 Å². The summed E-state index contributed by atoms with van der Waals surface area (Å²) in [5.74, 6) is 0. The molecule has 0 spiro atoms. The minimum atomic E-state index is 0.209. The maximum absolute atomic E-state index is 6.20. The first kappa shape index (κ1) is 14.5. The predicted octanol–water partition coefficient (Wildman–Crippen LogP) is 2.33. The zero-order valence-electron chi connectivity index (χ0n) is 13.0. The van der Waals surface area contributed by atoms with Crippen LogP contribution in [0.5, 0.6) is 0 Å². The van der Waals surface area contributed by atoms with E-state index in [1.165, 1.54) is 5.56 Å². The zero-order chi connectivity index (χ0) is 14.2. The van der Waals surface area contributed by atoms with Crippen molar-refractivity contribution in [3.8, 4) is 0 Å². The number of aromatic nitrogens is 2. The molecule has 0 amide bonds. The lowest BCUT2D eigenvalue weighted by molar-refractivity contribution is 0.0897. The summed E-state index contributed by atoms with van der Waals surface area (Å²) in [5, 5.41) is 4.59. The Labute approximate surface area is 117 Å². The lowest BCUT2D eigenvalue weighted by Crippen LogP contribution is -2.52. The first-order valence-electron chi connectivity index (χ1n) is 7.32. The van der Waals surface area contributed by atoms with Gasteiger partial charge < -0.3 is 5.73 Å². The summed E-state index contributed by atoms with van der Waals surface area (Å²) in [6.45, 7) is 14.1. The van der Waals surface area contributed by atoms with Crippen LogP contribution in [0.25, 0.3) is 0 Å². The average molecular weight is 264 g/mol. The Balaban J connectivity index is 2.05. The van der Waals surface area contributed by atoms with Crippen LogP contribution in [0.4, 0.5) is 0 Å². The van der Waals surface area contributed by atoms with Gasteiger partial charge in [-0.05, 0) is 32.6 Å². The van der Waals surface area contributed by atoms with Crippen LogP contribution in [0.15, 0.2) is 6.20 Å². The second kappa shape index (κ2) is 5.25. The highest BCUT2D eigenvalue weighted by Crippen LogP contribution is 2.28. The van der Waals surface area contributed by atoms with Crippen LogP contribution in [0.1, 0.15) is 51.4 Å². The minimum Gasteiger partial charge on any atom is -0.327 e. The Morgan fingerprint density at radius 3 is 2.68 bits per heavy atom. The van der Waals surface area contributed by atoms with Crippen LogP contribution in [0, 0.1) is 12.3 Å². The molecule has 2 heterocycles. The van der Waals surface area contributed by atoms with Gasteiger partial charge in [0, 0.05) is 43.5 Å². The molecule has 1 unspecified atom stereocenters. The summed E-state index contributed by atoms with van der Waals surface area (Å²) in [4.78, 5) is 2.51. The number of hydrogen-bond acceptors (Lipinski definition) is 3. The molecule has 1 aromatic heterocycles. The summed E-state index contributed by atoms with van der Waals surface area (Å²) in [5.41, 5.74) is 8.91. The summed E-state index contributed by atoms with van der Waals surface area (Å²) < 4.78 is 2.06. The van der Waals surface area contributed by atoms with Gasteiger partial charge >= 0.3 is 0 Å². The highest BCUT2D eigenvalue weighted by molar-refractivity contribution is 5.16. The van der Waals surface area contributed by atoms with Crippen molar-refractivity contribution in [1.82, 2.24) is 14.7 Å². The second-order valence-corrected chi connectivity index (χ2v) is 6.91. The quantitative estimate of drug-likeness (QED) is 0.911. The van der Waals surface area contributed by atoms with Gasteiger partial charge in [0.25, 0.3) is 0 Å². The van der Waals surface area contributed by atoms with E-state index in [0.717, 1.165) is 31.7 Å². The molecular weight excluding hydrogens is 236 g/mol. The first-order chi connectivity index (χ1) is 8.79. The molecule has 2 rings (SSSR count). The van der Waals surface area contributed by atoms with Gasteiger partial charge in [-0.15, -0.1) is 0 Å². The van der Waals surface area contributed by atoms with E-state index in [2.05, 4.69) is 55.5 Å². The number of nitrogens with zero attached hydrogens (tertiary/aromatic N) is 3. The van der Waals surface area contributed by atoms with E-state index in [-0.39, 0.29) is 5.41 Å². The first-order valence-corrected chi connectivity index (χ1v) is 7.32. The van der Waals surface area contributed by atoms with Crippen molar-refractivity contribution < 1.29 is 0 Å². The Morgan fingerprint density at radius 1 is 1.47 bits per heavy atom. The molecule has 0 bridgehead atoms. The van der Waals surface area contributed by atoms with Crippen molar-refractivity contribution in [2.24, 2.45) is 11.1 Å². The average Bonchev–Trinajstić information content (AvgIpc) is 2.66. The van der Waals surface area contributed by atoms with Gasteiger partial charge in [-0.3, -0.25) is 9.58 Å². The molecule has 19 heavy (non-hydrogen) atoms. The van der Waals surface area contributed by atoms with E-state index in [1.807, 2.05) is 0 Å². The number of piperidine rings is 1. The van der Waals surface area contributed by atoms with E-state index in [1.54, 1.807) is 0 Å². The van der Waals surface area contributed by atoms with E-state index in [0.29, 0.717) is 12.1 Å². The molecule has 1 atom stereocenters. The Bertz CT molecular complexity index is 433. The van der Waals surface area contributed by atoms with Crippen LogP contribution >= 0.6 is 0 Å². The van der Waals surface area contributed by atoms with Crippen molar-refractivity contribution in [3.63, 3.8) is 0 Å². The van der Waals surface area contributed by atoms with Crippen LogP contribution in [-0.4, -0.2) is 33.8 Å². The third kappa shape index (κ3) is 3.18. The molecular formula is C15H28N4. The molecule has 0 saturated carbocycles. The van der Waals surface area contributed by atoms with Crippen molar-refractivity contribution in [1.29, 1.82) is 0 Å². The summed E-state index contributed by atoms with van der Waals surface area (Å²) in [6, 6.07) is 0.752. The molecule has 4 nitrogen and oxygen atoms in total. The predicted molar refractivity (Wildman–Crippen MR) is 79.0 cm³/mol. The molecule has 1 aliphatic heterocycles. The fourth-order valence-electron chi connectivity index (χ4n) is 2.80. The topological polar surface area (TPSA) is 47.1 Å². The van der Waals surface area contributed by atoms with Gasteiger partial charge in [0.15, 0.2) is 0 Å². The number of likely N-dealkylation sites (tertiary alicyclic amines) is 1. The summed E-state index contributed by atoms with van der Waals surface area (Å²) >= 11 is 0. The molecule has 0 aliphatic carbocycles. The normalized spacial score (nSPS) is 24.1.